The van der Waals surface area contributed by atoms with Crippen molar-refractivity contribution >= 4 is 27.7 Å². The Kier molecular flexibility index (Phi) is 4.65. The Hall–Kier alpha value is -2.40. The number of benzene rings is 1. The van der Waals surface area contributed by atoms with Crippen LogP contribution >= 0.6 is 0 Å². The van der Waals surface area contributed by atoms with E-state index in [1.807, 2.05) is 30.3 Å². The molecular formula is C20H24N4O. The van der Waals surface area contributed by atoms with Crippen LogP contribution in [0.1, 0.15) is 36.2 Å². The second-order valence-corrected chi connectivity index (χ2v) is 6.80. The molecule has 5 nitrogen and oxygen atoms in total. The number of fused-ring (bicyclic) bond motifs is 3. The van der Waals surface area contributed by atoms with Gasteiger partial charge in [-0.15, -0.1) is 0 Å². The van der Waals surface area contributed by atoms with Crippen molar-refractivity contribution in [3.8, 4) is 0 Å². The second kappa shape index (κ2) is 7.23. The fraction of sp³-hybridized carbons (Fsp3) is 0.400. The summed E-state index contributed by atoms with van der Waals surface area (Å²) in [4.78, 5) is 22.6. The Balaban J connectivity index is 1.39. The monoisotopic (exact) mass is 336 g/mol. The number of nitrogens with zero attached hydrogens (tertiary/aromatic N) is 2. The van der Waals surface area contributed by atoms with Crippen molar-refractivity contribution in [2.24, 2.45) is 0 Å². The maximum Gasteiger partial charge on any atom is 0.267 e. The number of rotatable bonds is 5. The first-order valence-corrected chi connectivity index (χ1v) is 9.18. The zero-order valence-corrected chi connectivity index (χ0v) is 14.4. The van der Waals surface area contributed by atoms with Gasteiger partial charge in [0.1, 0.15) is 5.69 Å². The van der Waals surface area contributed by atoms with Gasteiger partial charge in [-0.1, -0.05) is 24.6 Å². The number of H-pyrrole nitrogens is 1. The molecule has 0 unspecified atom stereocenters. The highest BCUT2D eigenvalue weighted by molar-refractivity contribution is 6.07. The summed E-state index contributed by atoms with van der Waals surface area (Å²) in [5.74, 6) is -0.0427. The van der Waals surface area contributed by atoms with Gasteiger partial charge in [-0.3, -0.25) is 9.78 Å². The number of likely N-dealkylation sites (tertiary alicyclic amines) is 1. The highest BCUT2D eigenvalue weighted by Gasteiger charge is 2.12. The number of nitrogens with one attached hydrogen (secondary N) is 2. The molecule has 3 aromatic rings. The fourth-order valence-electron chi connectivity index (χ4n) is 3.64. The van der Waals surface area contributed by atoms with Crippen molar-refractivity contribution in [3.05, 3.63) is 42.2 Å². The van der Waals surface area contributed by atoms with Crippen LogP contribution in [-0.2, 0) is 0 Å². The van der Waals surface area contributed by atoms with Crippen molar-refractivity contribution in [2.45, 2.75) is 25.7 Å². The molecule has 0 saturated carbocycles. The summed E-state index contributed by atoms with van der Waals surface area (Å²) < 4.78 is 0. The first-order valence-electron chi connectivity index (χ1n) is 9.18. The first-order chi connectivity index (χ1) is 12.3. The van der Waals surface area contributed by atoms with Gasteiger partial charge in [-0.2, -0.15) is 0 Å². The minimum atomic E-state index is -0.0427. The van der Waals surface area contributed by atoms with Gasteiger partial charge < -0.3 is 15.2 Å². The van der Waals surface area contributed by atoms with Crippen molar-refractivity contribution in [2.75, 3.05) is 26.2 Å². The van der Waals surface area contributed by atoms with E-state index in [0.29, 0.717) is 12.2 Å². The summed E-state index contributed by atoms with van der Waals surface area (Å²) in [6, 6.07) is 9.93. The van der Waals surface area contributed by atoms with Crippen molar-refractivity contribution in [1.82, 2.24) is 20.2 Å². The lowest BCUT2D eigenvalue weighted by Gasteiger charge is -2.26. The average Bonchev–Trinajstić information content (AvgIpc) is 3.11. The minimum absolute atomic E-state index is 0.0427. The normalized spacial score (nSPS) is 15.7. The van der Waals surface area contributed by atoms with Gasteiger partial charge in [0.25, 0.3) is 5.91 Å². The van der Waals surface area contributed by atoms with Crippen LogP contribution < -0.4 is 5.32 Å². The third-order valence-electron chi connectivity index (χ3n) is 5.00. The zero-order chi connectivity index (χ0) is 17.1. The molecule has 1 amide bonds. The summed E-state index contributed by atoms with van der Waals surface area (Å²) in [6.45, 7) is 4.19. The van der Waals surface area contributed by atoms with E-state index in [1.165, 1.54) is 32.4 Å². The smallest absolute Gasteiger partial charge is 0.267 e. The molecule has 130 valence electrons. The van der Waals surface area contributed by atoms with E-state index in [0.717, 1.165) is 34.8 Å². The lowest BCUT2D eigenvalue weighted by atomic mass is 10.1. The number of pyridine rings is 1. The second-order valence-electron chi connectivity index (χ2n) is 6.80. The number of piperidine rings is 1. The van der Waals surface area contributed by atoms with Crippen LogP contribution in [0.5, 0.6) is 0 Å². The van der Waals surface area contributed by atoms with Crippen LogP contribution in [0.15, 0.2) is 36.5 Å². The molecule has 5 heteroatoms. The Morgan fingerprint density at radius 2 is 2.00 bits per heavy atom. The molecule has 0 spiro atoms. The molecule has 1 fully saturated rings. The highest BCUT2D eigenvalue weighted by Crippen LogP contribution is 2.23. The van der Waals surface area contributed by atoms with Gasteiger partial charge in [-0.25, -0.2) is 0 Å². The molecule has 1 aliphatic rings. The summed E-state index contributed by atoms with van der Waals surface area (Å²) in [5.41, 5.74) is 2.44. The summed E-state index contributed by atoms with van der Waals surface area (Å²) >= 11 is 0. The number of aromatic nitrogens is 2. The van der Waals surface area contributed by atoms with Crippen LogP contribution in [0.3, 0.4) is 0 Å². The number of aromatic amines is 1. The number of hydrogen-bond acceptors (Lipinski definition) is 3. The Morgan fingerprint density at radius 1 is 1.16 bits per heavy atom. The molecule has 2 aromatic heterocycles. The van der Waals surface area contributed by atoms with Crippen molar-refractivity contribution in [3.63, 3.8) is 0 Å². The largest absolute Gasteiger partial charge is 0.351 e. The maximum atomic E-state index is 12.4. The number of carbonyl (C=O) groups is 1. The number of carbonyl (C=O) groups excluding carboxylic acids is 1. The maximum absolute atomic E-state index is 12.4. The highest BCUT2D eigenvalue weighted by atomic mass is 16.1. The average molecular weight is 336 g/mol. The van der Waals surface area contributed by atoms with E-state index in [4.69, 9.17) is 0 Å². The SMILES string of the molecule is O=C(NCCCN1CCCCC1)c1cc2ccc3cccnc3c2[nH]1. The van der Waals surface area contributed by atoms with E-state index >= 15 is 0 Å². The molecule has 0 radical (unpaired) electrons. The topological polar surface area (TPSA) is 61.0 Å². The van der Waals surface area contributed by atoms with Crippen molar-refractivity contribution < 1.29 is 4.79 Å². The van der Waals surface area contributed by atoms with Gasteiger partial charge in [0, 0.05) is 23.5 Å². The Morgan fingerprint density at radius 3 is 2.88 bits per heavy atom. The summed E-state index contributed by atoms with van der Waals surface area (Å²) in [6.07, 6.45) is 6.75. The summed E-state index contributed by atoms with van der Waals surface area (Å²) in [7, 11) is 0. The molecule has 4 rings (SSSR count). The molecular weight excluding hydrogens is 312 g/mol. The lowest BCUT2D eigenvalue weighted by Crippen LogP contribution is -2.33. The first kappa shape index (κ1) is 16.1. The molecule has 25 heavy (non-hydrogen) atoms. The lowest BCUT2D eigenvalue weighted by molar-refractivity contribution is 0.0947. The zero-order valence-electron chi connectivity index (χ0n) is 14.4. The molecule has 1 aromatic carbocycles. The predicted octanol–water partition coefficient (Wildman–Crippen LogP) is 3.32. The van der Waals surface area contributed by atoms with Crippen LogP contribution in [0.25, 0.3) is 21.8 Å². The van der Waals surface area contributed by atoms with E-state index in [2.05, 4.69) is 20.2 Å². The third-order valence-corrected chi connectivity index (χ3v) is 5.00. The molecule has 0 bridgehead atoms. The van der Waals surface area contributed by atoms with Gasteiger partial charge in [-0.05, 0) is 51.0 Å². The van der Waals surface area contributed by atoms with Gasteiger partial charge in [0.05, 0.1) is 11.0 Å². The molecule has 1 saturated heterocycles. The molecule has 0 atom stereocenters. The van der Waals surface area contributed by atoms with E-state index < -0.39 is 0 Å². The minimum Gasteiger partial charge on any atom is -0.351 e. The van der Waals surface area contributed by atoms with E-state index in [1.54, 1.807) is 6.20 Å². The van der Waals surface area contributed by atoms with E-state index in [9.17, 15) is 4.79 Å². The quantitative estimate of drug-likeness (QED) is 0.703. The molecule has 0 aliphatic carbocycles. The van der Waals surface area contributed by atoms with Crippen LogP contribution in [0.2, 0.25) is 0 Å². The molecule has 1 aliphatic heterocycles. The standard InChI is InChI=1S/C20H24N4O/c25-20(22-10-5-13-24-11-2-1-3-12-24)17-14-16-8-7-15-6-4-9-21-18(15)19(16)23-17/h4,6-9,14,23H,1-3,5,10-13H2,(H,22,25). The van der Waals surface area contributed by atoms with Gasteiger partial charge >= 0.3 is 0 Å². The summed E-state index contributed by atoms with van der Waals surface area (Å²) in [5, 5.41) is 5.12. The van der Waals surface area contributed by atoms with Gasteiger partial charge in [0.15, 0.2) is 0 Å². The number of hydrogen-bond donors (Lipinski definition) is 2. The molecule has 2 N–H and O–H groups in total. The van der Waals surface area contributed by atoms with Crippen LogP contribution in [0.4, 0.5) is 0 Å². The predicted molar refractivity (Wildman–Crippen MR) is 101 cm³/mol. The third kappa shape index (κ3) is 3.51. The molecule has 3 heterocycles. The van der Waals surface area contributed by atoms with E-state index in [-0.39, 0.29) is 5.91 Å². The van der Waals surface area contributed by atoms with Crippen LogP contribution in [0, 0.1) is 0 Å². The Labute approximate surface area is 147 Å². The number of amides is 1. The fourth-order valence-corrected chi connectivity index (χ4v) is 3.64. The van der Waals surface area contributed by atoms with Crippen LogP contribution in [-0.4, -0.2) is 47.0 Å². The Bertz CT molecular complexity index is 880. The van der Waals surface area contributed by atoms with Crippen molar-refractivity contribution in [1.29, 1.82) is 0 Å². The van der Waals surface area contributed by atoms with Gasteiger partial charge in [0.2, 0.25) is 0 Å².